The van der Waals surface area contributed by atoms with Gasteiger partial charge in [-0.2, -0.15) is 0 Å². The molecular weight excluding hydrogens is 222 g/mol. The molecule has 1 aliphatic rings. The smallest absolute Gasteiger partial charge is 0.314 e. The van der Waals surface area contributed by atoms with Gasteiger partial charge in [0.15, 0.2) is 0 Å². The maximum absolute atomic E-state index is 11.3. The summed E-state index contributed by atoms with van der Waals surface area (Å²) in [5.41, 5.74) is 7.92. The molecule has 1 saturated carbocycles. The number of rotatable bonds is 4. The average Bonchev–Trinajstić information content (AvgIpc) is 3.03. The van der Waals surface area contributed by atoms with Gasteiger partial charge in [0, 0.05) is 11.5 Å². The number of benzene rings is 1. The third kappa shape index (κ3) is 1.79. The Morgan fingerprint density at radius 1 is 1.53 bits per heavy atom. The Hall–Kier alpha value is -2.20. The van der Waals surface area contributed by atoms with Crippen LogP contribution in [-0.2, 0) is 10.2 Å². The minimum atomic E-state index is -0.956. The van der Waals surface area contributed by atoms with E-state index in [1.54, 1.807) is 12.1 Å². The highest BCUT2D eigenvalue weighted by Crippen LogP contribution is 2.54. The SMILES string of the molecule is [N-]=[N+]=NCC1CC1(C(=O)O)c1ccc(O)cc1. The van der Waals surface area contributed by atoms with Gasteiger partial charge >= 0.3 is 5.97 Å². The predicted molar refractivity (Wildman–Crippen MR) is 59.5 cm³/mol. The topological polar surface area (TPSA) is 106 Å². The van der Waals surface area contributed by atoms with Gasteiger partial charge in [0.05, 0.1) is 5.41 Å². The number of azide groups is 1. The predicted octanol–water partition coefficient (Wildman–Crippen LogP) is 2.04. The van der Waals surface area contributed by atoms with Crippen molar-refractivity contribution in [1.29, 1.82) is 0 Å². The molecule has 0 aromatic heterocycles. The second-order valence-corrected chi connectivity index (χ2v) is 4.14. The lowest BCUT2D eigenvalue weighted by Gasteiger charge is -2.12. The molecule has 0 radical (unpaired) electrons. The minimum absolute atomic E-state index is 0.0986. The summed E-state index contributed by atoms with van der Waals surface area (Å²) in [6.07, 6.45) is 0.464. The first-order valence-electron chi connectivity index (χ1n) is 5.15. The maximum atomic E-state index is 11.3. The van der Waals surface area contributed by atoms with Crippen LogP contribution in [0.25, 0.3) is 10.4 Å². The molecule has 0 saturated heterocycles. The molecule has 1 aliphatic carbocycles. The summed E-state index contributed by atoms with van der Waals surface area (Å²) in [5.74, 6) is -0.983. The number of aliphatic carboxylic acids is 1. The van der Waals surface area contributed by atoms with E-state index in [-0.39, 0.29) is 18.2 Å². The Morgan fingerprint density at radius 3 is 2.71 bits per heavy atom. The summed E-state index contributed by atoms with van der Waals surface area (Å²) < 4.78 is 0. The second kappa shape index (κ2) is 3.99. The van der Waals surface area contributed by atoms with E-state index in [0.29, 0.717) is 12.0 Å². The molecule has 0 spiro atoms. The van der Waals surface area contributed by atoms with Crippen molar-refractivity contribution in [1.82, 2.24) is 0 Å². The van der Waals surface area contributed by atoms with Crippen molar-refractivity contribution in [3.8, 4) is 5.75 Å². The van der Waals surface area contributed by atoms with Crippen molar-refractivity contribution in [2.45, 2.75) is 11.8 Å². The van der Waals surface area contributed by atoms with E-state index in [0.717, 1.165) is 0 Å². The van der Waals surface area contributed by atoms with Crippen LogP contribution in [0.4, 0.5) is 0 Å². The van der Waals surface area contributed by atoms with Crippen molar-refractivity contribution in [2.75, 3.05) is 6.54 Å². The zero-order valence-corrected chi connectivity index (χ0v) is 8.95. The van der Waals surface area contributed by atoms with Gasteiger partial charge in [-0.15, -0.1) is 0 Å². The molecule has 1 aromatic carbocycles. The fraction of sp³-hybridized carbons (Fsp3) is 0.364. The molecule has 2 unspecified atom stereocenters. The summed E-state index contributed by atoms with van der Waals surface area (Å²) in [5, 5.41) is 21.9. The fourth-order valence-electron chi connectivity index (χ4n) is 2.18. The highest BCUT2D eigenvalue weighted by Gasteiger charge is 2.60. The van der Waals surface area contributed by atoms with Crippen LogP contribution in [0.15, 0.2) is 29.4 Å². The number of carboxylic acid groups (broad SMARTS) is 1. The standard InChI is InChI=1S/C11H11N3O3/c12-14-13-6-8-5-11(8,10(16)17)7-1-3-9(15)4-2-7/h1-4,8,15H,5-6H2,(H,16,17). The van der Waals surface area contributed by atoms with Crippen LogP contribution in [-0.4, -0.2) is 22.7 Å². The number of hydrogen-bond donors (Lipinski definition) is 2. The van der Waals surface area contributed by atoms with Crippen LogP contribution in [0.1, 0.15) is 12.0 Å². The van der Waals surface area contributed by atoms with E-state index in [4.69, 9.17) is 5.53 Å². The maximum Gasteiger partial charge on any atom is 0.314 e. The summed E-state index contributed by atoms with van der Waals surface area (Å²) in [6.45, 7) is 0.184. The normalized spacial score (nSPS) is 26.0. The molecule has 6 nitrogen and oxygen atoms in total. The van der Waals surface area contributed by atoms with Gasteiger partial charge < -0.3 is 10.2 Å². The molecule has 0 aliphatic heterocycles. The monoisotopic (exact) mass is 233 g/mol. The van der Waals surface area contributed by atoms with Gasteiger partial charge in [-0.1, -0.05) is 17.2 Å². The van der Waals surface area contributed by atoms with E-state index in [9.17, 15) is 15.0 Å². The first-order valence-corrected chi connectivity index (χ1v) is 5.15. The molecule has 2 rings (SSSR count). The molecule has 1 aromatic rings. The number of carbonyl (C=O) groups is 1. The summed E-state index contributed by atoms with van der Waals surface area (Å²) in [6, 6.07) is 6.12. The number of carboxylic acids is 1. The number of nitrogens with zero attached hydrogens (tertiary/aromatic N) is 3. The third-order valence-corrected chi connectivity index (χ3v) is 3.23. The molecule has 1 fully saturated rings. The molecule has 88 valence electrons. The molecule has 2 N–H and O–H groups in total. The Kier molecular flexibility index (Phi) is 2.65. The molecule has 2 atom stereocenters. The molecule has 0 amide bonds. The van der Waals surface area contributed by atoms with Crippen LogP contribution in [0, 0.1) is 5.92 Å². The zero-order chi connectivity index (χ0) is 12.5. The summed E-state index contributed by atoms with van der Waals surface area (Å²) >= 11 is 0. The van der Waals surface area contributed by atoms with Crippen molar-refractivity contribution in [3.63, 3.8) is 0 Å². The lowest BCUT2D eigenvalue weighted by molar-refractivity contribution is -0.140. The van der Waals surface area contributed by atoms with E-state index < -0.39 is 11.4 Å². The largest absolute Gasteiger partial charge is 0.508 e. The van der Waals surface area contributed by atoms with Gasteiger partial charge in [-0.25, -0.2) is 0 Å². The first-order chi connectivity index (χ1) is 8.11. The number of phenols is 1. The van der Waals surface area contributed by atoms with Crippen molar-refractivity contribution >= 4 is 5.97 Å². The first kappa shape index (κ1) is 11.3. The van der Waals surface area contributed by atoms with E-state index in [1.165, 1.54) is 12.1 Å². The Labute approximate surface area is 97.1 Å². The average molecular weight is 233 g/mol. The quantitative estimate of drug-likeness (QED) is 0.472. The molecule has 0 bridgehead atoms. The second-order valence-electron chi connectivity index (χ2n) is 4.14. The molecule has 17 heavy (non-hydrogen) atoms. The summed E-state index contributed by atoms with van der Waals surface area (Å²) in [4.78, 5) is 14.0. The summed E-state index contributed by atoms with van der Waals surface area (Å²) in [7, 11) is 0. The van der Waals surface area contributed by atoms with Gasteiger partial charge in [0.1, 0.15) is 5.75 Å². The van der Waals surface area contributed by atoms with Crippen LogP contribution in [0.5, 0.6) is 5.75 Å². The van der Waals surface area contributed by atoms with E-state index in [1.807, 2.05) is 0 Å². The van der Waals surface area contributed by atoms with Crippen LogP contribution >= 0.6 is 0 Å². The van der Waals surface area contributed by atoms with Gasteiger partial charge in [0.2, 0.25) is 0 Å². The molecule has 6 heteroatoms. The van der Waals surface area contributed by atoms with Crippen molar-refractivity contribution < 1.29 is 15.0 Å². The van der Waals surface area contributed by atoms with Gasteiger partial charge in [0.25, 0.3) is 0 Å². The highest BCUT2D eigenvalue weighted by molar-refractivity contribution is 5.86. The lowest BCUT2D eigenvalue weighted by Crippen LogP contribution is -2.23. The van der Waals surface area contributed by atoms with Gasteiger partial charge in [-0.3, -0.25) is 4.79 Å². The third-order valence-electron chi connectivity index (χ3n) is 3.23. The van der Waals surface area contributed by atoms with Crippen molar-refractivity contribution in [2.24, 2.45) is 11.0 Å². The Bertz CT molecular complexity index is 493. The van der Waals surface area contributed by atoms with Crippen LogP contribution in [0.2, 0.25) is 0 Å². The van der Waals surface area contributed by atoms with Crippen LogP contribution < -0.4 is 0 Å². The lowest BCUT2D eigenvalue weighted by atomic mass is 9.93. The van der Waals surface area contributed by atoms with E-state index >= 15 is 0 Å². The van der Waals surface area contributed by atoms with Gasteiger partial charge in [-0.05, 0) is 35.6 Å². The van der Waals surface area contributed by atoms with Crippen molar-refractivity contribution in [3.05, 3.63) is 40.3 Å². The zero-order valence-electron chi connectivity index (χ0n) is 8.95. The van der Waals surface area contributed by atoms with Crippen LogP contribution in [0.3, 0.4) is 0 Å². The van der Waals surface area contributed by atoms with E-state index in [2.05, 4.69) is 10.0 Å². The number of hydrogen-bond acceptors (Lipinski definition) is 3. The fourth-order valence-corrected chi connectivity index (χ4v) is 2.18. The Morgan fingerprint density at radius 2 is 2.18 bits per heavy atom. The number of phenolic OH excluding ortho intramolecular Hbond substituents is 1. The molecule has 0 heterocycles. The Balaban J connectivity index is 2.29. The minimum Gasteiger partial charge on any atom is -0.508 e. The highest BCUT2D eigenvalue weighted by atomic mass is 16.4. The number of aromatic hydroxyl groups is 1. The molecular formula is C11H11N3O3.